The van der Waals surface area contributed by atoms with E-state index in [-0.39, 0.29) is 24.4 Å². The molecule has 1 fully saturated rings. The maximum atomic E-state index is 13.0. The molecule has 2 amide bonds. The van der Waals surface area contributed by atoms with Gasteiger partial charge in [0.1, 0.15) is 12.3 Å². The summed E-state index contributed by atoms with van der Waals surface area (Å²) in [6.07, 6.45) is 0. The van der Waals surface area contributed by atoms with Gasteiger partial charge in [0.25, 0.3) is 5.91 Å². The van der Waals surface area contributed by atoms with Crippen LogP contribution in [0.4, 0.5) is 5.69 Å². The summed E-state index contributed by atoms with van der Waals surface area (Å²) in [7, 11) is 1.61. The molecule has 2 heterocycles. The number of piperazine rings is 1. The highest BCUT2D eigenvalue weighted by molar-refractivity contribution is 7.16. The van der Waals surface area contributed by atoms with Gasteiger partial charge in [0.2, 0.25) is 5.91 Å². The number of anilines is 1. The fourth-order valence-corrected chi connectivity index (χ4v) is 4.01. The maximum Gasteiger partial charge on any atom is 0.254 e. The van der Waals surface area contributed by atoms with Crippen LogP contribution < -0.4 is 9.64 Å². The number of hydrogen-bond acceptors (Lipinski definition) is 5. The molecule has 0 radical (unpaired) electrons. The molecule has 0 spiro atoms. The predicted octanol–water partition coefficient (Wildman–Crippen LogP) is 3.18. The van der Waals surface area contributed by atoms with Crippen molar-refractivity contribution < 1.29 is 14.3 Å². The number of amides is 2. The second-order valence-corrected chi connectivity index (χ2v) is 7.41. The van der Waals surface area contributed by atoms with E-state index in [1.807, 2.05) is 43.3 Å². The van der Waals surface area contributed by atoms with Crippen molar-refractivity contribution in [3.63, 3.8) is 0 Å². The number of nitrogens with zero attached hydrogens (tertiary/aromatic N) is 3. The molecule has 7 heteroatoms. The first-order valence-electron chi connectivity index (χ1n) is 8.65. The molecule has 0 unspecified atom stereocenters. The quantitative estimate of drug-likeness (QED) is 0.699. The number of rotatable bonds is 3. The van der Waals surface area contributed by atoms with Crippen LogP contribution in [0.25, 0.3) is 10.2 Å². The molecule has 0 saturated carbocycles. The van der Waals surface area contributed by atoms with Crippen LogP contribution in [-0.4, -0.2) is 47.9 Å². The van der Waals surface area contributed by atoms with Crippen molar-refractivity contribution in [1.29, 1.82) is 0 Å². The lowest BCUT2D eigenvalue weighted by Gasteiger charge is -2.39. The van der Waals surface area contributed by atoms with Crippen LogP contribution in [0.3, 0.4) is 0 Å². The zero-order chi connectivity index (χ0) is 19.0. The Balaban J connectivity index is 1.54. The van der Waals surface area contributed by atoms with Gasteiger partial charge >= 0.3 is 0 Å². The van der Waals surface area contributed by atoms with Gasteiger partial charge in [-0.05, 0) is 49.4 Å². The van der Waals surface area contributed by atoms with Crippen LogP contribution in [0.5, 0.6) is 5.75 Å². The smallest absolute Gasteiger partial charge is 0.254 e. The molecule has 3 aromatic rings. The van der Waals surface area contributed by atoms with Gasteiger partial charge < -0.3 is 14.5 Å². The summed E-state index contributed by atoms with van der Waals surface area (Å²) < 4.78 is 6.14. The van der Waals surface area contributed by atoms with Crippen molar-refractivity contribution in [3.8, 4) is 5.75 Å². The lowest BCUT2D eigenvalue weighted by atomic mass is 10.1. The molecule has 1 atom stereocenters. The van der Waals surface area contributed by atoms with E-state index in [1.54, 1.807) is 28.5 Å². The molecule has 6 nitrogen and oxygen atoms in total. The van der Waals surface area contributed by atoms with Crippen LogP contribution in [0.1, 0.15) is 17.3 Å². The Kier molecular flexibility index (Phi) is 4.53. The average molecular weight is 381 g/mol. The molecular weight excluding hydrogens is 362 g/mol. The Morgan fingerprint density at radius 1 is 1.22 bits per heavy atom. The molecule has 0 aliphatic carbocycles. The molecule has 1 aromatic heterocycles. The Labute approximate surface area is 161 Å². The van der Waals surface area contributed by atoms with Gasteiger partial charge in [0, 0.05) is 23.8 Å². The number of carbonyl (C=O) groups excluding carboxylic acids is 2. The minimum atomic E-state index is -0.125. The van der Waals surface area contributed by atoms with Gasteiger partial charge in [-0.25, -0.2) is 4.98 Å². The van der Waals surface area contributed by atoms with Crippen molar-refractivity contribution in [2.24, 2.45) is 0 Å². The Hall–Kier alpha value is -2.93. The Morgan fingerprint density at radius 3 is 2.74 bits per heavy atom. The first kappa shape index (κ1) is 17.5. The van der Waals surface area contributed by atoms with Gasteiger partial charge in [-0.2, -0.15) is 0 Å². The van der Waals surface area contributed by atoms with Crippen LogP contribution in [0.2, 0.25) is 0 Å². The normalized spacial score (nSPS) is 17.4. The first-order valence-corrected chi connectivity index (χ1v) is 9.53. The molecule has 2 aromatic carbocycles. The van der Waals surface area contributed by atoms with Crippen molar-refractivity contribution in [3.05, 3.63) is 53.5 Å². The molecule has 4 rings (SSSR count). The fourth-order valence-electron chi connectivity index (χ4n) is 3.29. The standard InChI is InChI=1S/C20H19N3O3S/c1-13-10-23(15-4-6-16(26-2)7-5-15)19(24)11-22(13)20(25)14-3-8-17-18(9-14)27-12-21-17/h3-9,12-13H,10-11H2,1-2H3/t13-/m1/s1. The Bertz CT molecular complexity index is 999. The number of aromatic nitrogens is 1. The maximum absolute atomic E-state index is 13.0. The number of thiazole rings is 1. The predicted molar refractivity (Wildman–Crippen MR) is 105 cm³/mol. The van der Waals surface area contributed by atoms with Gasteiger partial charge in [-0.3, -0.25) is 9.59 Å². The van der Waals surface area contributed by atoms with E-state index in [2.05, 4.69) is 4.98 Å². The van der Waals surface area contributed by atoms with E-state index in [0.29, 0.717) is 12.1 Å². The number of hydrogen-bond donors (Lipinski definition) is 0. The van der Waals surface area contributed by atoms with E-state index in [0.717, 1.165) is 21.7 Å². The van der Waals surface area contributed by atoms with E-state index >= 15 is 0 Å². The first-order chi connectivity index (χ1) is 13.1. The fraction of sp³-hybridized carbons (Fsp3) is 0.250. The van der Waals surface area contributed by atoms with Crippen molar-refractivity contribution in [2.75, 3.05) is 25.1 Å². The summed E-state index contributed by atoms with van der Waals surface area (Å²) >= 11 is 1.50. The number of carbonyl (C=O) groups is 2. The summed E-state index contributed by atoms with van der Waals surface area (Å²) in [5.74, 6) is 0.525. The monoisotopic (exact) mass is 381 g/mol. The molecule has 0 bridgehead atoms. The van der Waals surface area contributed by atoms with Crippen LogP contribution in [0, 0.1) is 0 Å². The topological polar surface area (TPSA) is 62.7 Å². The second-order valence-electron chi connectivity index (χ2n) is 6.52. The number of ether oxygens (including phenoxy) is 1. The summed E-state index contributed by atoms with van der Waals surface area (Å²) in [5, 5.41) is 0. The number of methoxy groups -OCH3 is 1. The van der Waals surface area contributed by atoms with Crippen molar-refractivity contribution in [1.82, 2.24) is 9.88 Å². The minimum absolute atomic E-state index is 0.0623. The summed E-state index contributed by atoms with van der Waals surface area (Å²) in [6, 6.07) is 12.8. The van der Waals surface area contributed by atoms with E-state index in [9.17, 15) is 9.59 Å². The van der Waals surface area contributed by atoms with E-state index in [4.69, 9.17) is 4.74 Å². The van der Waals surface area contributed by atoms with Gasteiger partial charge in [0.05, 0.1) is 22.8 Å². The van der Waals surface area contributed by atoms with E-state index in [1.165, 1.54) is 11.3 Å². The second kappa shape index (κ2) is 7.00. The third-order valence-corrected chi connectivity index (χ3v) is 5.60. The third kappa shape index (κ3) is 3.26. The Morgan fingerprint density at radius 2 is 2.00 bits per heavy atom. The van der Waals surface area contributed by atoms with Crippen molar-refractivity contribution in [2.45, 2.75) is 13.0 Å². The summed E-state index contributed by atoms with van der Waals surface area (Å²) in [4.78, 5) is 33.3. The highest BCUT2D eigenvalue weighted by atomic mass is 32.1. The molecule has 1 saturated heterocycles. The van der Waals surface area contributed by atoms with Gasteiger partial charge in [0.15, 0.2) is 0 Å². The van der Waals surface area contributed by atoms with E-state index < -0.39 is 0 Å². The molecule has 138 valence electrons. The molecular formula is C20H19N3O3S. The largest absolute Gasteiger partial charge is 0.497 e. The highest BCUT2D eigenvalue weighted by Gasteiger charge is 2.33. The van der Waals surface area contributed by atoms with Crippen LogP contribution in [-0.2, 0) is 4.79 Å². The summed E-state index contributed by atoms with van der Waals surface area (Å²) in [6.45, 7) is 2.48. The van der Waals surface area contributed by atoms with Crippen molar-refractivity contribution >= 4 is 39.1 Å². The van der Waals surface area contributed by atoms with Gasteiger partial charge in [-0.15, -0.1) is 11.3 Å². The third-order valence-electron chi connectivity index (χ3n) is 4.81. The lowest BCUT2D eigenvalue weighted by molar-refractivity contribution is -0.121. The average Bonchev–Trinajstić information content (AvgIpc) is 3.17. The number of benzene rings is 2. The molecule has 1 aliphatic rings. The minimum Gasteiger partial charge on any atom is -0.497 e. The summed E-state index contributed by atoms with van der Waals surface area (Å²) in [5.41, 5.74) is 4.04. The zero-order valence-corrected chi connectivity index (χ0v) is 15.9. The van der Waals surface area contributed by atoms with Crippen LogP contribution in [0.15, 0.2) is 48.0 Å². The SMILES string of the molecule is COc1ccc(N2C[C@@H](C)N(C(=O)c3ccc4ncsc4c3)CC2=O)cc1. The molecule has 27 heavy (non-hydrogen) atoms. The van der Waals surface area contributed by atoms with Gasteiger partial charge in [-0.1, -0.05) is 0 Å². The molecule has 0 N–H and O–H groups in total. The zero-order valence-electron chi connectivity index (χ0n) is 15.1. The lowest BCUT2D eigenvalue weighted by Crippen LogP contribution is -2.57. The number of fused-ring (bicyclic) bond motifs is 1. The van der Waals surface area contributed by atoms with Crippen LogP contribution >= 0.6 is 11.3 Å². The molecule has 1 aliphatic heterocycles. The highest BCUT2D eigenvalue weighted by Crippen LogP contribution is 2.25.